The minimum Gasteiger partial charge on any atom is -0.343 e. The Kier molecular flexibility index (Phi) is 5.66. The molecule has 0 saturated carbocycles. The molecule has 11 nitrogen and oxygen atoms in total. The van der Waals surface area contributed by atoms with Crippen LogP contribution in [0.2, 0.25) is 0 Å². The average molecular weight is 344 g/mol. The Morgan fingerprint density at radius 3 is 2.60 bits per heavy atom. The lowest BCUT2D eigenvalue weighted by molar-refractivity contribution is -0.384. The average Bonchev–Trinajstić information content (AvgIpc) is 2.64. The molecule has 1 aromatic carbocycles. The Morgan fingerprint density at radius 2 is 1.92 bits per heavy atom. The Balaban J connectivity index is 1.81. The van der Waals surface area contributed by atoms with Gasteiger partial charge >= 0.3 is 0 Å². The zero-order valence-electron chi connectivity index (χ0n) is 12.6. The number of benzene rings is 1. The lowest BCUT2D eigenvalue weighted by Gasteiger charge is -2.08. The summed E-state index contributed by atoms with van der Waals surface area (Å²) in [5.41, 5.74) is 3.99. The van der Waals surface area contributed by atoms with E-state index < -0.39 is 29.2 Å². The number of hydrogen-bond acceptors (Lipinski definition) is 7. The van der Waals surface area contributed by atoms with E-state index in [9.17, 15) is 24.5 Å². The maximum Gasteiger partial charge on any atom is 0.289 e. The number of non-ortho nitro benzene ring substituents is 1. The summed E-state index contributed by atoms with van der Waals surface area (Å²) in [7, 11) is 0. The van der Waals surface area contributed by atoms with Gasteiger partial charge in [-0.25, -0.2) is 4.98 Å². The summed E-state index contributed by atoms with van der Waals surface area (Å²) in [6.07, 6.45) is 3.92. The van der Waals surface area contributed by atoms with Crippen LogP contribution in [0.1, 0.15) is 20.8 Å². The van der Waals surface area contributed by atoms with Crippen LogP contribution in [-0.4, -0.2) is 39.2 Å². The number of hydrogen-bond donors (Lipinski definition) is 3. The van der Waals surface area contributed by atoms with Gasteiger partial charge in [0.25, 0.3) is 23.4 Å². The van der Waals surface area contributed by atoms with Crippen LogP contribution in [0.25, 0.3) is 0 Å². The standard InChI is InChI=1S/C14H12N6O5/c21-12(18-19-14(23)11-7-15-4-5-16-11)8-17-13(22)9-2-1-3-10(6-9)20(24)25/h1-7H,8H2,(H,17,22)(H,18,21)(H,19,23). The fourth-order valence-corrected chi connectivity index (χ4v) is 1.67. The first-order chi connectivity index (χ1) is 12.0. The van der Waals surface area contributed by atoms with E-state index in [1.54, 1.807) is 0 Å². The van der Waals surface area contributed by atoms with Crippen molar-refractivity contribution in [1.29, 1.82) is 0 Å². The van der Waals surface area contributed by atoms with Crippen molar-refractivity contribution in [2.45, 2.75) is 0 Å². The highest BCUT2D eigenvalue weighted by molar-refractivity contribution is 5.97. The first-order valence-electron chi connectivity index (χ1n) is 6.85. The van der Waals surface area contributed by atoms with E-state index in [-0.39, 0.29) is 16.9 Å². The van der Waals surface area contributed by atoms with Crippen molar-refractivity contribution in [2.24, 2.45) is 0 Å². The van der Waals surface area contributed by atoms with Crippen LogP contribution in [0.5, 0.6) is 0 Å². The van der Waals surface area contributed by atoms with E-state index >= 15 is 0 Å². The van der Waals surface area contributed by atoms with E-state index in [2.05, 4.69) is 26.1 Å². The molecule has 128 valence electrons. The van der Waals surface area contributed by atoms with E-state index in [1.807, 2.05) is 0 Å². The van der Waals surface area contributed by atoms with Crippen LogP contribution in [0.4, 0.5) is 5.69 Å². The predicted molar refractivity (Wildman–Crippen MR) is 83.1 cm³/mol. The van der Waals surface area contributed by atoms with Crippen LogP contribution in [0.15, 0.2) is 42.9 Å². The van der Waals surface area contributed by atoms with Crippen LogP contribution >= 0.6 is 0 Å². The molecule has 2 rings (SSSR count). The third-order valence-corrected chi connectivity index (χ3v) is 2.84. The number of nitro benzene ring substituents is 1. The zero-order chi connectivity index (χ0) is 18.2. The molecule has 1 aromatic heterocycles. The number of nitrogens with one attached hydrogen (secondary N) is 3. The number of amides is 3. The maximum atomic E-state index is 11.9. The molecule has 0 aliphatic heterocycles. The predicted octanol–water partition coefficient (Wildman–Crippen LogP) is -0.424. The third kappa shape index (κ3) is 5.06. The fraction of sp³-hybridized carbons (Fsp3) is 0.0714. The molecule has 0 unspecified atom stereocenters. The van der Waals surface area contributed by atoms with Crippen molar-refractivity contribution in [1.82, 2.24) is 26.1 Å². The summed E-state index contributed by atoms with van der Waals surface area (Å²) in [4.78, 5) is 52.6. The third-order valence-electron chi connectivity index (χ3n) is 2.84. The lowest BCUT2D eigenvalue weighted by Crippen LogP contribution is -2.46. The number of rotatable bonds is 5. The van der Waals surface area contributed by atoms with Gasteiger partial charge in [-0.15, -0.1) is 0 Å². The number of aromatic nitrogens is 2. The summed E-state index contributed by atoms with van der Waals surface area (Å²) >= 11 is 0. The molecule has 0 fully saturated rings. The normalized spacial score (nSPS) is 9.76. The van der Waals surface area contributed by atoms with Crippen LogP contribution in [-0.2, 0) is 4.79 Å². The molecule has 11 heteroatoms. The number of carbonyl (C=O) groups is 3. The Labute approximate surface area is 140 Å². The summed E-state index contributed by atoms with van der Waals surface area (Å²) in [6.45, 7) is -0.442. The molecule has 0 bridgehead atoms. The van der Waals surface area contributed by atoms with E-state index in [0.717, 1.165) is 6.07 Å². The molecule has 3 N–H and O–H groups in total. The van der Waals surface area contributed by atoms with Gasteiger partial charge in [0, 0.05) is 30.1 Å². The number of carbonyl (C=O) groups excluding carboxylic acids is 3. The topological polar surface area (TPSA) is 156 Å². The summed E-state index contributed by atoms with van der Waals surface area (Å²) in [5.74, 6) is -2.04. The zero-order valence-corrected chi connectivity index (χ0v) is 12.6. The van der Waals surface area contributed by atoms with Gasteiger partial charge in [0.1, 0.15) is 5.69 Å². The van der Waals surface area contributed by atoms with Gasteiger partial charge in [-0.2, -0.15) is 0 Å². The van der Waals surface area contributed by atoms with E-state index in [1.165, 1.54) is 36.8 Å². The van der Waals surface area contributed by atoms with Gasteiger partial charge in [0.2, 0.25) is 0 Å². The smallest absolute Gasteiger partial charge is 0.289 e. The van der Waals surface area contributed by atoms with Crippen molar-refractivity contribution in [3.8, 4) is 0 Å². The minimum atomic E-state index is -0.698. The second-order valence-electron chi connectivity index (χ2n) is 4.58. The van der Waals surface area contributed by atoms with Crippen LogP contribution in [0.3, 0.4) is 0 Å². The van der Waals surface area contributed by atoms with Crippen molar-refractivity contribution in [2.75, 3.05) is 6.54 Å². The summed E-state index contributed by atoms with van der Waals surface area (Å²) in [5, 5.41) is 12.9. The van der Waals surface area contributed by atoms with E-state index in [0.29, 0.717) is 0 Å². The van der Waals surface area contributed by atoms with Crippen molar-refractivity contribution in [3.05, 3.63) is 64.2 Å². The highest BCUT2D eigenvalue weighted by Crippen LogP contribution is 2.12. The van der Waals surface area contributed by atoms with Crippen LogP contribution in [0, 0.1) is 10.1 Å². The second kappa shape index (κ2) is 8.10. The molecule has 0 aliphatic rings. The van der Waals surface area contributed by atoms with Gasteiger partial charge in [0.05, 0.1) is 17.7 Å². The molecule has 0 aliphatic carbocycles. The summed E-state index contributed by atoms with van der Waals surface area (Å²) < 4.78 is 0. The Hall–Kier alpha value is -3.89. The SMILES string of the molecule is O=C(CNC(=O)c1cccc([N+](=O)[O-])c1)NNC(=O)c1cnccn1. The second-order valence-corrected chi connectivity index (χ2v) is 4.58. The highest BCUT2D eigenvalue weighted by atomic mass is 16.6. The monoisotopic (exact) mass is 344 g/mol. The van der Waals surface area contributed by atoms with Crippen molar-refractivity contribution in [3.63, 3.8) is 0 Å². The molecular weight excluding hydrogens is 332 g/mol. The van der Waals surface area contributed by atoms with Gasteiger partial charge in [-0.1, -0.05) is 6.07 Å². The molecular formula is C14H12N6O5. The largest absolute Gasteiger partial charge is 0.343 e. The van der Waals surface area contributed by atoms with E-state index in [4.69, 9.17) is 0 Å². The number of nitrogens with zero attached hydrogens (tertiary/aromatic N) is 3. The Morgan fingerprint density at radius 1 is 1.12 bits per heavy atom. The van der Waals surface area contributed by atoms with Gasteiger partial charge in [0.15, 0.2) is 0 Å². The maximum absolute atomic E-state index is 11.9. The molecule has 0 atom stereocenters. The highest BCUT2D eigenvalue weighted by Gasteiger charge is 2.13. The lowest BCUT2D eigenvalue weighted by atomic mass is 10.2. The van der Waals surface area contributed by atoms with Crippen LogP contribution < -0.4 is 16.2 Å². The molecule has 0 saturated heterocycles. The molecule has 0 spiro atoms. The minimum absolute atomic E-state index is 0.00318. The van der Waals surface area contributed by atoms with Gasteiger partial charge in [-0.3, -0.25) is 40.3 Å². The number of hydrazine groups is 1. The molecule has 25 heavy (non-hydrogen) atoms. The van der Waals surface area contributed by atoms with Gasteiger partial charge < -0.3 is 5.32 Å². The molecule has 0 radical (unpaired) electrons. The van der Waals surface area contributed by atoms with Gasteiger partial charge in [-0.05, 0) is 6.07 Å². The molecule has 3 amide bonds. The summed E-state index contributed by atoms with van der Waals surface area (Å²) in [6, 6.07) is 5.05. The molecule has 2 aromatic rings. The molecule has 1 heterocycles. The number of nitro groups is 1. The quantitative estimate of drug-likeness (QED) is 0.491. The van der Waals surface area contributed by atoms with Crippen molar-refractivity contribution < 1.29 is 19.3 Å². The fourth-order valence-electron chi connectivity index (χ4n) is 1.67. The Bertz CT molecular complexity index is 810. The van der Waals surface area contributed by atoms with Crippen molar-refractivity contribution >= 4 is 23.4 Å². The first-order valence-corrected chi connectivity index (χ1v) is 6.85. The first kappa shape index (κ1) is 17.5.